The largest absolute Gasteiger partial charge is 0.385 e. The van der Waals surface area contributed by atoms with Crippen LogP contribution in [0.25, 0.3) is 0 Å². The van der Waals surface area contributed by atoms with Crippen LogP contribution in [0.4, 0.5) is 4.39 Å². The SMILES string of the molecule is CCn1nc(C)c(Br)c1CC1(O)CCc2cc(F)ccc21. The first-order chi connectivity index (χ1) is 9.94. The number of hydrogen-bond donors (Lipinski definition) is 1. The summed E-state index contributed by atoms with van der Waals surface area (Å²) in [7, 11) is 0. The highest BCUT2D eigenvalue weighted by Crippen LogP contribution is 2.41. The van der Waals surface area contributed by atoms with Crippen molar-refractivity contribution in [2.45, 2.75) is 45.3 Å². The van der Waals surface area contributed by atoms with Gasteiger partial charge in [-0.25, -0.2) is 4.39 Å². The second kappa shape index (κ2) is 5.21. The molecule has 2 aromatic rings. The van der Waals surface area contributed by atoms with Crippen molar-refractivity contribution in [1.29, 1.82) is 0 Å². The van der Waals surface area contributed by atoms with E-state index in [0.717, 1.165) is 33.5 Å². The normalized spacial score (nSPS) is 20.8. The van der Waals surface area contributed by atoms with Crippen LogP contribution in [-0.2, 0) is 25.0 Å². The predicted molar refractivity (Wildman–Crippen MR) is 82.7 cm³/mol. The molecule has 21 heavy (non-hydrogen) atoms. The molecule has 1 aliphatic carbocycles. The molecule has 1 heterocycles. The summed E-state index contributed by atoms with van der Waals surface area (Å²) in [5.41, 5.74) is 2.73. The maximum absolute atomic E-state index is 13.3. The Labute approximate surface area is 131 Å². The molecule has 1 atom stereocenters. The van der Waals surface area contributed by atoms with E-state index < -0.39 is 5.60 Å². The lowest BCUT2D eigenvalue weighted by Gasteiger charge is -2.24. The van der Waals surface area contributed by atoms with Gasteiger partial charge in [-0.1, -0.05) is 6.07 Å². The number of aromatic nitrogens is 2. The van der Waals surface area contributed by atoms with Crippen molar-refractivity contribution in [3.63, 3.8) is 0 Å². The van der Waals surface area contributed by atoms with Crippen molar-refractivity contribution in [1.82, 2.24) is 9.78 Å². The van der Waals surface area contributed by atoms with Crippen LogP contribution in [0.3, 0.4) is 0 Å². The summed E-state index contributed by atoms with van der Waals surface area (Å²) < 4.78 is 16.2. The van der Waals surface area contributed by atoms with Gasteiger partial charge in [0.2, 0.25) is 0 Å². The van der Waals surface area contributed by atoms with Gasteiger partial charge in [-0.3, -0.25) is 4.68 Å². The fraction of sp³-hybridized carbons (Fsp3) is 0.438. The lowest BCUT2D eigenvalue weighted by atomic mass is 9.90. The third kappa shape index (κ3) is 2.42. The fourth-order valence-corrected chi connectivity index (χ4v) is 3.62. The summed E-state index contributed by atoms with van der Waals surface area (Å²) in [4.78, 5) is 0. The zero-order valence-electron chi connectivity index (χ0n) is 12.2. The first kappa shape index (κ1) is 14.7. The number of halogens is 2. The van der Waals surface area contributed by atoms with Gasteiger partial charge in [0.15, 0.2) is 0 Å². The Hall–Kier alpha value is -1.20. The standard InChI is InChI=1S/C16H18BrFN2O/c1-3-20-14(15(17)10(2)19-20)9-16(21)7-6-11-8-12(18)4-5-13(11)16/h4-5,8,21H,3,6-7,9H2,1-2H3. The Morgan fingerprint density at radius 1 is 1.48 bits per heavy atom. The van der Waals surface area contributed by atoms with Crippen molar-refractivity contribution < 1.29 is 9.50 Å². The highest BCUT2D eigenvalue weighted by Gasteiger charge is 2.38. The van der Waals surface area contributed by atoms with Gasteiger partial charge in [0.1, 0.15) is 5.82 Å². The lowest BCUT2D eigenvalue weighted by molar-refractivity contribution is 0.0367. The Morgan fingerprint density at radius 3 is 2.95 bits per heavy atom. The number of aliphatic hydroxyl groups is 1. The first-order valence-corrected chi connectivity index (χ1v) is 7.97. The van der Waals surface area contributed by atoms with Gasteiger partial charge in [0.25, 0.3) is 0 Å². The molecule has 0 radical (unpaired) electrons. The van der Waals surface area contributed by atoms with Crippen molar-refractivity contribution in [2.75, 3.05) is 0 Å². The third-order valence-electron chi connectivity index (χ3n) is 4.29. The van der Waals surface area contributed by atoms with E-state index in [4.69, 9.17) is 0 Å². The monoisotopic (exact) mass is 352 g/mol. The third-order valence-corrected chi connectivity index (χ3v) is 5.32. The lowest BCUT2D eigenvalue weighted by Crippen LogP contribution is -2.27. The second-order valence-corrected chi connectivity index (χ2v) is 6.46. The molecule has 0 fully saturated rings. The van der Waals surface area contributed by atoms with E-state index in [0.29, 0.717) is 19.3 Å². The van der Waals surface area contributed by atoms with Crippen LogP contribution in [0.2, 0.25) is 0 Å². The molecule has 3 rings (SSSR count). The molecular formula is C16H18BrFN2O. The van der Waals surface area contributed by atoms with Gasteiger partial charge < -0.3 is 5.11 Å². The minimum atomic E-state index is -0.940. The highest BCUT2D eigenvalue weighted by atomic mass is 79.9. The summed E-state index contributed by atoms with van der Waals surface area (Å²) in [5.74, 6) is -0.242. The van der Waals surface area contributed by atoms with E-state index in [9.17, 15) is 9.50 Å². The van der Waals surface area contributed by atoms with Gasteiger partial charge in [-0.15, -0.1) is 0 Å². The van der Waals surface area contributed by atoms with Crippen molar-refractivity contribution in [3.05, 3.63) is 51.0 Å². The molecule has 1 aromatic carbocycles. The summed E-state index contributed by atoms with van der Waals surface area (Å²) in [6, 6.07) is 4.67. The molecule has 0 amide bonds. The molecule has 5 heteroatoms. The zero-order valence-corrected chi connectivity index (χ0v) is 13.7. The van der Waals surface area contributed by atoms with Gasteiger partial charge in [0, 0.05) is 13.0 Å². The molecule has 1 aromatic heterocycles. The average Bonchev–Trinajstić information content (AvgIpc) is 2.91. The summed E-state index contributed by atoms with van der Waals surface area (Å²) >= 11 is 3.57. The summed E-state index contributed by atoms with van der Waals surface area (Å²) in [5, 5.41) is 15.5. The van der Waals surface area contributed by atoms with Crippen molar-refractivity contribution in [3.8, 4) is 0 Å². The van der Waals surface area contributed by atoms with Crippen LogP contribution in [0.5, 0.6) is 0 Å². The van der Waals surface area contributed by atoms with Gasteiger partial charge in [-0.2, -0.15) is 5.10 Å². The Morgan fingerprint density at radius 2 is 2.24 bits per heavy atom. The molecule has 0 aliphatic heterocycles. The number of fused-ring (bicyclic) bond motifs is 1. The van der Waals surface area contributed by atoms with E-state index in [2.05, 4.69) is 21.0 Å². The summed E-state index contributed by atoms with van der Waals surface area (Å²) in [6.45, 7) is 4.74. The molecule has 0 bridgehead atoms. The molecule has 3 nitrogen and oxygen atoms in total. The van der Waals surface area contributed by atoms with Gasteiger partial charge >= 0.3 is 0 Å². The van der Waals surface area contributed by atoms with Crippen LogP contribution in [0.1, 0.15) is 35.9 Å². The molecular weight excluding hydrogens is 335 g/mol. The van der Waals surface area contributed by atoms with Crippen LogP contribution in [0.15, 0.2) is 22.7 Å². The fourth-order valence-electron chi connectivity index (χ4n) is 3.20. The predicted octanol–water partition coefficient (Wildman–Crippen LogP) is 3.49. The van der Waals surface area contributed by atoms with E-state index >= 15 is 0 Å². The molecule has 0 saturated heterocycles. The topological polar surface area (TPSA) is 38.0 Å². The molecule has 1 unspecified atom stereocenters. The van der Waals surface area contributed by atoms with Crippen molar-refractivity contribution >= 4 is 15.9 Å². The van der Waals surface area contributed by atoms with Crippen LogP contribution in [0, 0.1) is 12.7 Å². The van der Waals surface area contributed by atoms with E-state index in [1.165, 1.54) is 12.1 Å². The smallest absolute Gasteiger partial charge is 0.123 e. The minimum Gasteiger partial charge on any atom is -0.385 e. The van der Waals surface area contributed by atoms with E-state index in [-0.39, 0.29) is 5.82 Å². The maximum atomic E-state index is 13.3. The quantitative estimate of drug-likeness (QED) is 0.917. The average molecular weight is 353 g/mol. The minimum absolute atomic E-state index is 0.242. The molecule has 112 valence electrons. The number of aryl methyl sites for hydroxylation is 3. The maximum Gasteiger partial charge on any atom is 0.123 e. The number of nitrogens with zero attached hydrogens (tertiary/aromatic N) is 2. The number of benzene rings is 1. The first-order valence-electron chi connectivity index (χ1n) is 7.17. The highest BCUT2D eigenvalue weighted by molar-refractivity contribution is 9.10. The number of hydrogen-bond acceptors (Lipinski definition) is 2. The second-order valence-electron chi connectivity index (χ2n) is 5.67. The Bertz CT molecular complexity index is 698. The molecule has 1 N–H and O–H groups in total. The molecule has 1 aliphatic rings. The van der Waals surface area contributed by atoms with Crippen LogP contribution < -0.4 is 0 Å². The van der Waals surface area contributed by atoms with Gasteiger partial charge in [-0.05, 0) is 65.9 Å². The molecule has 0 saturated carbocycles. The van der Waals surface area contributed by atoms with E-state index in [1.54, 1.807) is 6.07 Å². The number of rotatable bonds is 3. The Balaban J connectivity index is 2.00. The van der Waals surface area contributed by atoms with Crippen molar-refractivity contribution in [2.24, 2.45) is 0 Å². The zero-order chi connectivity index (χ0) is 15.2. The summed E-state index contributed by atoms with van der Waals surface area (Å²) in [6.07, 6.45) is 1.81. The Kier molecular flexibility index (Phi) is 3.66. The van der Waals surface area contributed by atoms with Crippen LogP contribution in [-0.4, -0.2) is 14.9 Å². The molecule has 0 spiro atoms. The van der Waals surface area contributed by atoms with Crippen LogP contribution >= 0.6 is 15.9 Å². The van der Waals surface area contributed by atoms with Gasteiger partial charge in [0.05, 0.1) is 21.5 Å². The van der Waals surface area contributed by atoms with E-state index in [1.807, 2.05) is 18.5 Å².